The molecular formula is C24H31Cl2N9O2S. The molecule has 14 heteroatoms. The quantitative estimate of drug-likeness (QED) is 0.367. The van der Waals surface area contributed by atoms with E-state index in [1.807, 2.05) is 19.1 Å². The SMILES string of the molecule is CCN1CCN(c2cc(Nc3cc(C)[nH]n3)nc(N[C@H]3CCN(S(=O)(=O)c4ccc(Cl)c(Cl)c4)C3)n2)CC1. The highest BCUT2D eigenvalue weighted by molar-refractivity contribution is 7.89. The van der Waals surface area contributed by atoms with E-state index in [0.29, 0.717) is 35.6 Å². The number of aromatic amines is 1. The molecular weight excluding hydrogens is 549 g/mol. The van der Waals surface area contributed by atoms with Gasteiger partial charge >= 0.3 is 0 Å². The number of nitrogens with one attached hydrogen (secondary N) is 3. The van der Waals surface area contributed by atoms with Crippen molar-refractivity contribution in [2.45, 2.75) is 31.2 Å². The Morgan fingerprint density at radius 3 is 2.50 bits per heavy atom. The number of aryl methyl sites for hydroxylation is 1. The lowest BCUT2D eigenvalue weighted by molar-refractivity contribution is 0.270. The van der Waals surface area contributed by atoms with Gasteiger partial charge in [0.15, 0.2) is 5.82 Å². The third-order valence-electron chi connectivity index (χ3n) is 6.83. The number of hydrogen-bond donors (Lipinski definition) is 3. The van der Waals surface area contributed by atoms with Crippen molar-refractivity contribution in [3.63, 3.8) is 0 Å². The smallest absolute Gasteiger partial charge is 0.243 e. The Morgan fingerprint density at radius 1 is 1.03 bits per heavy atom. The normalized spacial score (nSPS) is 19.2. The number of likely N-dealkylation sites (N-methyl/N-ethyl adjacent to an activating group) is 1. The molecule has 0 amide bonds. The van der Waals surface area contributed by atoms with Crippen molar-refractivity contribution in [3.05, 3.63) is 46.1 Å². The molecule has 0 aliphatic carbocycles. The molecule has 204 valence electrons. The van der Waals surface area contributed by atoms with Crippen LogP contribution >= 0.6 is 23.2 Å². The Kier molecular flexibility index (Phi) is 7.96. The van der Waals surface area contributed by atoms with Gasteiger partial charge in [-0.15, -0.1) is 0 Å². The fraction of sp³-hybridized carbons (Fsp3) is 0.458. The minimum Gasteiger partial charge on any atom is -0.354 e. The molecule has 11 nitrogen and oxygen atoms in total. The first-order chi connectivity index (χ1) is 18.2. The highest BCUT2D eigenvalue weighted by Gasteiger charge is 2.33. The molecule has 3 N–H and O–H groups in total. The number of anilines is 4. The van der Waals surface area contributed by atoms with Crippen LogP contribution < -0.4 is 15.5 Å². The van der Waals surface area contributed by atoms with Gasteiger partial charge in [-0.05, 0) is 38.1 Å². The predicted octanol–water partition coefficient (Wildman–Crippen LogP) is 3.58. The first-order valence-electron chi connectivity index (χ1n) is 12.6. The Bertz CT molecular complexity index is 1390. The summed E-state index contributed by atoms with van der Waals surface area (Å²) >= 11 is 12.0. The maximum atomic E-state index is 13.2. The molecule has 3 aromatic rings. The second kappa shape index (κ2) is 11.2. The van der Waals surface area contributed by atoms with Crippen molar-refractivity contribution in [1.29, 1.82) is 0 Å². The van der Waals surface area contributed by atoms with E-state index in [1.165, 1.54) is 22.5 Å². The van der Waals surface area contributed by atoms with E-state index in [-0.39, 0.29) is 22.5 Å². The van der Waals surface area contributed by atoms with Crippen LogP contribution in [0.2, 0.25) is 10.0 Å². The van der Waals surface area contributed by atoms with E-state index in [4.69, 9.17) is 28.2 Å². The highest BCUT2D eigenvalue weighted by atomic mass is 35.5. The number of H-pyrrole nitrogens is 1. The molecule has 4 heterocycles. The van der Waals surface area contributed by atoms with Gasteiger partial charge in [-0.3, -0.25) is 5.10 Å². The minimum absolute atomic E-state index is 0.123. The van der Waals surface area contributed by atoms with Gasteiger partial charge in [0.05, 0.1) is 14.9 Å². The molecule has 0 radical (unpaired) electrons. The van der Waals surface area contributed by atoms with Crippen LogP contribution in [0.3, 0.4) is 0 Å². The number of aromatic nitrogens is 4. The number of hydrogen-bond acceptors (Lipinski definition) is 9. The zero-order chi connectivity index (χ0) is 26.9. The third kappa shape index (κ3) is 5.99. The van der Waals surface area contributed by atoms with Crippen LogP contribution in [0.5, 0.6) is 0 Å². The lowest BCUT2D eigenvalue weighted by atomic mass is 10.3. The number of sulfonamides is 1. The van der Waals surface area contributed by atoms with Gasteiger partial charge in [0.25, 0.3) is 0 Å². The van der Waals surface area contributed by atoms with E-state index in [0.717, 1.165) is 44.2 Å². The Morgan fingerprint density at radius 2 is 1.82 bits per heavy atom. The van der Waals surface area contributed by atoms with Gasteiger partial charge in [-0.1, -0.05) is 30.1 Å². The Labute approximate surface area is 232 Å². The lowest BCUT2D eigenvalue weighted by Crippen LogP contribution is -2.46. The summed E-state index contributed by atoms with van der Waals surface area (Å²) in [5, 5.41) is 14.3. The van der Waals surface area contributed by atoms with Gasteiger partial charge in [0.2, 0.25) is 16.0 Å². The molecule has 2 aliphatic heterocycles. The van der Waals surface area contributed by atoms with Gasteiger partial charge < -0.3 is 20.4 Å². The molecule has 2 saturated heterocycles. The topological polar surface area (TPSA) is 122 Å². The van der Waals surface area contributed by atoms with Crippen LogP contribution in [0, 0.1) is 6.92 Å². The standard InChI is InChI=1S/C24H31Cl2N9O2S/c1-3-33-8-10-34(11-9-33)23-14-21(28-22-12-16(2)31-32-22)29-24(30-23)27-17-6-7-35(15-17)38(36,37)18-4-5-19(25)20(26)13-18/h4-5,12-14,17H,3,6-11,15H2,1-2H3,(H3,27,28,29,30,31,32)/t17-/m0/s1. The summed E-state index contributed by atoms with van der Waals surface area (Å²) < 4.78 is 27.9. The second-order valence-electron chi connectivity index (χ2n) is 9.49. The number of benzene rings is 1. The molecule has 1 atom stereocenters. The van der Waals surface area contributed by atoms with Crippen molar-refractivity contribution in [3.8, 4) is 0 Å². The van der Waals surface area contributed by atoms with Gasteiger partial charge in [0, 0.05) is 63.1 Å². The predicted molar refractivity (Wildman–Crippen MR) is 150 cm³/mol. The summed E-state index contributed by atoms with van der Waals surface area (Å²) in [6.07, 6.45) is 0.616. The van der Waals surface area contributed by atoms with Crippen LogP contribution in [0.15, 0.2) is 35.2 Å². The van der Waals surface area contributed by atoms with Crippen molar-refractivity contribution < 1.29 is 8.42 Å². The number of rotatable bonds is 8. The largest absolute Gasteiger partial charge is 0.354 e. The lowest BCUT2D eigenvalue weighted by Gasteiger charge is -2.35. The summed E-state index contributed by atoms with van der Waals surface area (Å²) in [6.45, 7) is 9.45. The molecule has 0 bridgehead atoms. The third-order valence-corrected chi connectivity index (χ3v) is 9.43. The molecule has 2 aliphatic rings. The highest BCUT2D eigenvalue weighted by Crippen LogP contribution is 2.29. The van der Waals surface area contributed by atoms with Crippen molar-refractivity contribution >= 4 is 56.6 Å². The van der Waals surface area contributed by atoms with Crippen LogP contribution in [0.25, 0.3) is 0 Å². The molecule has 0 unspecified atom stereocenters. The zero-order valence-electron chi connectivity index (χ0n) is 21.3. The van der Waals surface area contributed by atoms with Gasteiger partial charge in [-0.2, -0.15) is 19.4 Å². The van der Waals surface area contributed by atoms with E-state index < -0.39 is 10.0 Å². The average Bonchev–Trinajstić information content (AvgIpc) is 3.54. The van der Waals surface area contributed by atoms with Crippen molar-refractivity contribution in [2.24, 2.45) is 0 Å². The van der Waals surface area contributed by atoms with Gasteiger partial charge in [-0.25, -0.2) is 8.42 Å². The van der Waals surface area contributed by atoms with E-state index in [2.05, 4.69) is 42.5 Å². The minimum atomic E-state index is -3.71. The number of piperazine rings is 1. The number of nitrogens with zero attached hydrogens (tertiary/aromatic N) is 6. The fourth-order valence-electron chi connectivity index (χ4n) is 4.66. The molecule has 38 heavy (non-hydrogen) atoms. The summed E-state index contributed by atoms with van der Waals surface area (Å²) in [4.78, 5) is 14.2. The van der Waals surface area contributed by atoms with Crippen LogP contribution in [0.1, 0.15) is 19.0 Å². The molecule has 0 spiro atoms. The maximum absolute atomic E-state index is 13.2. The molecule has 0 saturated carbocycles. The maximum Gasteiger partial charge on any atom is 0.243 e. The van der Waals surface area contributed by atoms with Crippen LogP contribution in [-0.2, 0) is 10.0 Å². The second-order valence-corrected chi connectivity index (χ2v) is 12.2. The van der Waals surface area contributed by atoms with Crippen LogP contribution in [0.4, 0.5) is 23.4 Å². The van der Waals surface area contributed by atoms with Crippen LogP contribution in [-0.4, -0.2) is 89.6 Å². The Hall–Kier alpha value is -2.64. The zero-order valence-corrected chi connectivity index (χ0v) is 23.6. The first kappa shape index (κ1) is 26.9. The summed E-state index contributed by atoms with van der Waals surface area (Å²) in [7, 11) is -3.71. The first-order valence-corrected chi connectivity index (χ1v) is 14.8. The van der Waals surface area contributed by atoms with E-state index in [1.54, 1.807) is 0 Å². The van der Waals surface area contributed by atoms with Gasteiger partial charge in [0.1, 0.15) is 11.6 Å². The molecule has 2 fully saturated rings. The van der Waals surface area contributed by atoms with Crippen molar-refractivity contribution in [2.75, 3.05) is 61.3 Å². The number of halogens is 2. The molecule has 2 aromatic heterocycles. The Balaban J connectivity index is 1.34. The molecule has 5 rings (SSSR count). The fourth-order valence-corrected chi connectivity index (χ4v) is 6.55. The van der Waals surface area contributed by atoms with E-state index in [9.17, 15) is 8.42 Å². The summed E-state index contributed by atoms with van der Waals surface area (Å²) in [6, 6.07) is 8.03. The summed E-state index contributed by atoms with van der Waals surface area (Å²) in [5.41, 5.74) is 0.935. The van der Waals surface area contributed by atoms with Crippen molar-refractivity contribution in [1.82, 2.24) is 29.4 Å². The summed E-state index contributed by atoms with van der Waals surface area (Å²) in [5.74, 6) is 2.52. The monoisotopic (exact) mass is 579 g/mol. The van der Waals surface area contributed by atoms with E-state index >= 15 is 0 Å². The average molecular weight is 581 g/mol. The molecule has 1 aromatic carbocycles.